The first-order valence-corrected chi connectivity index (χ1v) is 9.73. The van der Waals surface area contributed by atoms with Gasteiger partial charge in [-0.15, -0.1) is 11.3 Å². The Balaban J connectivity index is 1.92. The van der Waals surface area contributed by atoms with Gasteiger partial charge in [-0.25, -0.2) is 9.98 Å². The van der Waals surface area contributed by atoms with Crippen LogP contribution in [0.4, 0.5) is 13.2 Å². The average molecular weight is 392 g/mol. The highest BCUT2D eigenvalue weighted by atomic mass is 32.1. The van der Waals surface area contributed by atoms with Crippen molar-refractivity contribution in [3.05, 3.63) is 16.1 Å². The van der Waals surface area contributed by atoms with E-state index in [0.29, 0.717) is 38.6 Å². The van der Waals surface area contributed by atoms with E-state index in [-0.39, 0.29) is 11.5 Å². The molecular weight excluding hydrogens is 363 g/mol. The molecule has 148 valence electrons. The fourth-order valence-electron chi connectivity index (χ4n) is 2.74. The first kappa shape index (κ1) is 21.0. The lowest BCUT2D eigenvalue weighted by molar-refractivity contribution is -0.143. The SMILES string of the molecule is CCNC(=NCc1nc(C(C)(C)C)cs1)NC1CCN(CC(F)(F)F)C1. The number of halogens is 3. The number of aliphatic imine (C=N–C) groups is 1. The molecule has 0 spiro atoms. The Labute approximate surface area is 157 Å². The molecule has 1 aliphatic heterocycles. The summed E-state index contributed by atoms with van der Waals surface area (Å²) in [7, 11) is 0. The van der Waals surface area contributed by atoms with Crippen molar-refractivity contribution < 1.29 is 13.2 Å². The summed E-state index contributed by atoms with van der Waals surface area (Å²) in [5, 5.41) is 9.38. The maximum absolute atomic E-state index is 12.5. The molecule has 0 saturated carbocycles. The third kappa shape index (κ3) is 6.75. The highest BCUT2D eigenvalue weighted by Crippen LogP contribution is 2.24. The smallest absolute Gasteiger partial charge is 0.357 e. The summed E-state index contributed by atoms with van der Waals surface area (Å²) in [5.41, 5.74) is 1.05. The number of aromatic nitrogens is 1. The first-order valence-electron chi connectivity index (χ1n) is 8.85. The zero-order valence-corrected chi connectivity index (χ0v) is 16.6. The molecule has 1 aromatic rings. The van der Waals surface area contributed by atoms with Crippen molar-refractivity contribution in [3.63, 3.8) is 0 Å². The topological polar surface area (TPSA) is 52.6 Å². The van der Waals surface area contributed by atoms with E-state index in [0.717, 1.165) is 10.7 Å². The summed E-state index contributed by atoms with van der Waals surface area (Å²) in [6, 6.07) is -0.0309. The van der Waals surface area contributed by atoms with Gasteiger partial charge in [0.25, 0.3) is 0 Å². The number of hydrogen-bond donors (Lipinski definition) is 2. The number of alkyl halides is 3. The van der Waals surface area contributed by atoms with Gasteiger partial charge in [-0.1, -0.05) is 20.8 Å². The molecule has 2 heterocycles. The number of nitrogens with zero attached hydrogens (tertiary/aromatic N) is 3. The first-order chi connectivity index (χ1) is 12.1. The fourth-order valence-corrected chi connectivity index (χ4v) is 3.68. The monoisotopic (exact) mass is 391 g/mol. The Bertz CT molecular complexity index is 606. The zero-order valence-electron chi connectivity index (χ0n) is 15.8. The maximum Gasteiger partial charge on any atom is 0.401 e. The van der Waals surface area contributed by atoms with Crippen LogP contribution in [0.1, 0.15) is 44.8 Å². The molecule has 0 amide bonds. The van der Waals surface area contributed by atoms with E-state index in [1.807, 2.05) is 6.92 Å². The van der Waals surface area contributed by atoms with E-state index in [4.69, 9.17) is 0 Å². The molecule has 1 saturated heterocycles. The Morgan fingerprint density at radius 3 is 2.69 bits per heavy atom. The van der Waals surface area contributed by atoms with Gasteiger partial charge in [-0.3, -0.25) is 4.90 Å². The number of likely N-dealkylation sites (tertiary alicyclic amines) is 1. The number of thiazole rings is 1. The summed E-state index contributed by atoms with van der Waals surface area (Å²) < 4.78 is 37.5. The number of nitrogens with one attached hydrogen (secondary N) is 2. The predicted molar refractivity (Wildman–Crippen MR) is 99.7 cm³/mol. The summed E-state index contributed by atoms with van der Waals surface area (Å²) in [4.78, 5) is 10.6. The van der Waals surface area contributed by atoms with Crippen LogP contribution in [-0.2, 0) is 12.0 Å². The van der Waals surface area contributed by atoms with E-state index in [9.17, 15) is 13.2 Å². The summed E-state index contributed by atoms with van der Waals surface area (Å²) in [6.45, 7) is 9.42. The van der Waals surface area contributed by atoms with Gasteiger partial charge in [0.2, 0.25) is 0 Å². The molecule has 9 heteroatoms. The quantitative estimate of drug-likeness (QED) is 0.598. The lowest BCUT2D eigenvalue weighted by atomic mass is 9.93. The summed E-state index contributed by atoms with van der Waals surface area (Å²) in [6.07, 6.45) is -3.48. The second-order valence-electron chi connectivity index (χ2n) is 7.55. The summed E-state index contributed by atoms with van der Waals surface area (Å²) in [5.74, 6) is 0.624. The normalized spacial score (nSPS) is 19.8. The molecule has 1 atom stereocenters. The molecule has 0 bridgehead atoms. The van der Waals surface area contributed by atoms with Crippen molar-refractivity contribution in [2.24, 2.45) is 4.99 Å². The molecule has 0 radical (unpaired) electrons. The molecule has 0 aliphatic carbocycles. The average Bonchev–Trinajstić information content (AvgIpc) is 3.12. The van der Waals surface area contributed by atoms with Crippen molar-refractivity contribution in [2.45, 2.75) is 58.3 Å². The van der Waals surface area contributed by atoms with Gasteiger partial charge in [0, 0.05) is 36.5 Å². The third-order valence-electron chi connectivity index (χ3n) is 4.05. The summed E-state index contributed by atoms with van der Waals surface area (Å²) >= 11 is 1.58. The largest absolute Gasteiger partial charge is 0.401 e. The van der Waals surface area contributed by atoms with Gasteiger partial charge in [-0.05, 0) is 13.3 Å². The van der Waals surface area contributed by atoms with Crippen LogP contribution in [-0.4, -0.2) is 54.2 Å². The Morgan fingerprint density at radius 2 is 2.12 bits per heavy atom. The molecule has 0 aromatic carbocycles. The Hall–Kier alpha value is -1.35. The van der Waals surface area contributed by atoms with Gasteiger partial charge in [0.1, 0.15) is 5.01 Å². The third-order valence-corrected chi connectivity index (χ3v) is 4.89. The molecule has 1 aromatic heterocycles. The molecule has 1 fully saturated rings. The minimum absolute atomic E-state index is 0.00695. The second kappa shape index (κ2) is 8.56. The lowest BCUT2D eigenvalue weighted by Crippen LogP contribution is -2.45. The Morgan fingerprint density at radius 1 is 1.38 bits per heavy atom. The highest BCUT2D eigenvalue weighted by Gasteiger charge is 2.34. The number of guanidine groups is 1. The van der Waals surface area contributed by atoms with Crippen LogP contribution >= 0.6 is 11.3 Å². The van der Waals surface area contributed by atoms with E-state index in [1.165, 1.54) is 4.90 Å². The number of hydrogen-bond acceptors (Lipinski definition) is 4. The highest BCUT2D eigenvalue weighted by molar-refractivity contribution is 7.09. The van der Waals surface area contributed by atoms with Crippen molar-refractivity contribution in [1.82, 2.24) is 20.5 Å². The van der Waals surface area contributed by atoms with Crippen molar-refractivity contribution >= 4 is 17.3 Å². The van der Waals surface area contributed by atoms with E-state index in [1.54, 1.807) is 11.3 Å². The van der Waals surface area contributed by atoms with Crippen molar-refractivity contribution in [2.75, 3.05) is 26.2 Å². The van der Waals surface area contributed by atoms with Crippen LogP contribution in [0.5, 0.6) is 0 Å². The minimum Gasteiger partial charge on any atom is -0.357 e. The fraction of sp³-hybridized carbons (Fsp3) is 0.765. The van der Waals surface area contributed by atoms with Crippen molar-refractivity contribution in [1.29, 1.82) is 0 Å². The van der Waals surface area contributed by atoms with Crippen LogP contribution in [0.2, 0.25) is 0 Å². The molecule has 1 aliphatic rings. The van der Waals surface area contributed by atoms with Gasteiger partial charge >= 0.3 is 6.18 Å². The number of rotatable bonds is 5. The van der Waals surface area contributed by atoms with Crippen molar-refractivity contribution in [3.8, 4) is 0 Å². The molecular formula is C17H28F3N5S. The van der Waals surface area contributed by atoms with Gasteiger partial charge in [0.15, 0.2) is 5.96 Å². The molecule has 26 heavy (non-hydrogen) atoms. The lowest BCUT2D eigenvalue weighted by Gasteiger charge is -2.19. The molecule has 5 nitrogen and oxygen atoms in total. The molecule has 2 N–H and O–H groups in total. The predicted octanol–water partition coefficient (Wildman–Crippen LogP) is 3.13. The van der Waals surface area contributed by atoms with E-state index in [2.05, 4.69) is 46.8 Å². The van der Waals surface area contributed by atoms with Crippen LogP contribution in [0.3, 0.4) is 0 Å². The molecule has 1 unspecified atom stereocenters. The van der Waals surface area contributed by atoms with Gasteiger partial charge in [-0.2, -0.15) is 13.2 Å². The van der Waals surface area contributed by atoms with E-state index >= 15 is 0 Å². The van der Waals surface area contributed by atoms with Gasteiger partial charge < -0.3 is 10.6 Å². The maximum atomic E-state index is 12.5. The van der Waals surface area contributed by atoms with Gasteiger partial charge in [0.05, 0.1) is 18.8 Å². The van der Waals surface area contributed by atoms with E-state index < -0.39 is 12.7 Å². The minimum atomic E-state index is -4.15. The second-order valence-corrected chi connectivity index (χ2v) is 8.49. The van der Waals surface area contributed by atoms with Crippen LogP contribution in [0.25, 0.3) is 0 Å². The zero-order chi connectivity index (χ0) is 19.4. The standard InChI is InChI=1S/C17H28F3N5S/c1-5-21-15(22-8-14-24-13(10-26-14)16(2,3)4)23-12-6-7-25(9-12)11-17(18,19)20/h10,12H,5-9,11H2,1-4H3,(H2,21,22,23). The van der Waals surface area contributed by atoms with Crippen LogP contribution < -0.4 is 10.6 Å². The van der Waals surface area contributed by atoms with Crippen LogP contribution in [0, 0.1) is 0 Å². The Kier molecular flexibility index (Phi) is 6.90. The van der Waals surface area contributed by atoms with Crippen LogP contribution in [0.15, 0.2) is 10.4 Å². The molecule has 2 rings (SSSR count).